The fourth-order valence-corrected chi connectivity index (χ4v) is 2.91. The smallest absolute Gasteiger partial charge is 0.235 e. The zero-order valence-electron chi connectivity index (χ0n) is 13.6. The maximum absolute atomic E-state index is 13.4. The summed E-state index contributed by atoms with van der Waals surface area (Å²) >= 11 is 4.48. The second-order valence-electron chi connectivity index (χ2n) is 5.59. The van der Waals surface area contributed by atoms with Gasteiger partial charge in [0.05, 0.1) is 22.3 Å². The topological polar surface area (TPSA) is 80.3 Å². The Balaban J connectivity index is 1.96. The van der Waals surface area contributed by atoms with Crippen LogP contribution in [0.1, 0.15) is 20.3 Å². The van der Waals surface area contributed by atoms with E-state index in [2.05, 4.69) is 31.5 Å². The Bertz CT molecular complexity index is 767. The molecular formula is C16H17BrFN3O3S. The largest absolute Gasteiger partial charge is 0.491 e. The molecule has 1 aromatic carbocycles. The molecule has 25 heavy (non-hydrogen) atoms. The third kappa shape index (κ3) is 6.43. The fourth-order valence-electron chi connectivity index (χ4n) is 1.79. The SMILES string of the molecule is CC(C)COc1cc(F)ccc1NC(=O)CC(=O)Nc1ncc(Br)s1. The summed E-state index contributed by atoms with van der Waals surface area (Å²) in [4.78, 5) is 27.9. The molecule has 0 unspecified atom stereocenters. The molecule has 2 N–H and O–H groups in total. The normalized spacial score (nSPS) is 10.6. The van der Waals surface area contributed by atoms with E-state index in [1.165, 1.54) is 29.5 Å². The van der Waals surface area contributed by atoms with E-state index in [0.717, 1.165) is 3.79 Å². The van der Waals surface area contributed by atoms with Crippen LogP contribution in [0.3, 0.4) is 0 Å². The van der Waals surface area contributed by atoms with E-state index in [9.17, 15) is 14.0 Å². The molecule has 9 heteroatoms. The highest BCUT2D eigenvalue weighted by atomic mass is 79.9. The Kier molecular flexibility index (Phi) is 6.89. The monoisotopic (exact) mass is 429 g/mol. The predicted molar refractivity (Wildman–Crippen MR) is 98.4 cm³/mol. The van der Waals surface area contributed by atoms with Crippen LogP contribution in [0.5, 0.6) is 5.75 Å². The van der Waals surface area contributed by atoms with Crippen LogP contribution < -0.4 is 15.4 Å². The number of carbonyl (C=O) groups is 2. The van der Waals surface area contributed by atoms with Gasteiger partial charge in [-0.1, -0.05) is 25.2 Å². The van der Waals surface area contributed by atoms with E-state index in [1.807, 2.05) is 13.8 Å². The molecule has 0 bridgehead atoms. The number of nitrogens with zero attached hydrogens (tertiary/aromatic N) is 1. The lowest BCUT2D eigenvalue weighted by Crippen LogP contribution is -2.21. The number of anilines is 2. The molecule has 0 saturated heterocycles. The van der Waals surface area contributed by atoms with Crippen molar-refractivity contribution in [2.24, 2.45) is 5.92 Å². The summed E-state index contributed by atoms with van der Waals surface area (Å²) in [6.45, 7) is 4.30. The fraction of sp³-hybridized carbons (Fsp3) is 0.312. The summed E-state index contributed by atoms with van der Waals surface area (Å²) in [5.74, 6) is -1.02. The van der Waals surface area contributed by atoms with Crippen molar-refractivity contribution in [2.45, 2.75) is 20.3 Å². The van der Waals surface area contributed by atoms with Crippen molar-refractivity contribution in [3.05, 3.63) is 34.0 Å². The van der Waals surface area contributed by atoms with Crippen molar-refractivity contribution in [1.82, 2.24) is 4.98 Å². The second kappa shape index (κ2) is 8.91. The maximum atomic E-state index is 13.4. The minimum Gasteiger partial charge on any atom is -0.491 e. The van der Waals surface area contributed by atoms with Gasteiger partial charge in [-0.3, -0.25) is 9.59 Å². The van der Waals surface area contributed by atoms with Crippen LogP contribution in [-0.4, -0.2) is 23.4 Å². The molecule has 6 nitrogen and oxygen atoms in total. The lowest BCUT2D eigenvalue weighted by molar-refractivity contribution is -0.123. The van der Waals surface area contributed by atoms with Gasteiger partial charge in [0.25, 0.3) is 0 Å². The number of hydrogen-bond donors (Lipinski definition) is 2. The Labute approximate surface area is 156 Å². The van der Waals surface area contributed by atoms with Crippen molar-refractivity contribution in [3.63, 3.8) is 0 Å². The minimum absolute atomic E-state index is 0.228. The number of carbonyl (C=O) groups excluding carboxylic acids is 2. The molecule has 0 spiro atoms. The van der Waals surface area contributed by atoms with Crippen molar-refractivity contribution in [2.75, 3.05) is 17.2 Å². The standard InChI is InChI=1S/C16H17BrFN3O3S/c1-9(2)8-24-12-5-10(18)3-4-11(12)20-14(22)6-15(23)21-16-19-7-13(17)25-16/h3-5,7,9H,6,8H2,1-2H3,(H,20,22)(H,19,21,23). The first-order chi connectivity index (χ1) is 11.8. The molecule has 1 heterocycles. The molecule has 0 aliphatic rings. The Morgan fingerprint density at radius 2 is 2.04 bits per heavy atom. The van der Waals surface area contributed by atoms with Gasteiger partial charge in [0.1, 0.15) is 18.0 Å². The van der Waals surface area contributed by atoms with E-state index in [0.29, 0.717) is 17.4 Å². The molecule has 1 aromatic heterocycles. The van der Waals surface area contributed by atoms with Gasteiger partial charge in [0.15, 0.2) is 5.13 Å². The van der Waals surface area contributed by atoms with Crippen LogP contribution in [0.2, 0.25) is 0 Å². The highest BCUT2D eigenvalue weighted by Crippen LogP contribution is 2.26. The van der Waals surface area contributed by atoms with E-state index < -0.39 is 24.1 Å². The van der Waals surface area contributed by atoms with Gasteiger partial charge >= 0.3 is 0 Å². The molecule has 0 aliphatic carbocycles. The first kappa shape index (κ1) is 19.3. The van der Waals surface area contributed by atoms with Gasteiger partial charge < -0.3 is 15.4 Å². The molecule has 0 atom stereocenters. The average molecular weight is 430 g/mol. The zero-order chi connectivity index (χ0) is 18.4. The number of amides is 2. The van der Waals surface area contributed by atoms with Crippen LogP contribution in [0, 0.1) is 11.7 Å². The van der Waals surface area contributed by atoms with E-state index >= 15 is 0 Å². The highest BCUT2D eigenvalue weighted by Gasteiger charge is 2.14. The van der Waals surface area contributed by atoms with E-state index in [1.54, 1.807) is 6.20 Å². The Morgan fingerprint density at radius 1 is 1.32 bits per heavy atom. The van der Waals surface area contributed by atoms with Crippen LogP contribution >= 0.6 is 27.3 Å². The highest BCUT2D eigenvalue weighted by molar-refractivity contribution is 9.11. The molecular weight excluding hydrogens is 413 g/mol. The Hall–Kier alpha value is -2.00. The van der Waals surface area contributed by atoms with Crippen molar-refractivity contribution in [3.8, 4) is 5.75 Å². The Morgan fingerprint density at radius 3 is 2.68 bits per heavy atom. The molecule has 134 valence electrons. The second-order valence-corrected chi connectivity index (χ2v) is 8.00. The third-order valence-corrected chi connectivity index (χ3v) is 4.23. The van der Waals surface area contributed by atoms with Gasteiger partial charge in [-0.15, -0.1) is 0 Å². The quantitative estimate of drug-likeness (QED) is 0.650. The number of hydrogen-bond acceptors (Lipinski definition) is 5. The number of rotatable bonds is 7. The van der Waals surface area contributed by atoms with E-state index in [4.69, 9.17) is 4.74 Å². The number of thiazole rings is 1. The number of nitrogens with one attached hydrogen (secondary N) is 2. The summed E-state index contributed by atoms with van der Waals surface area (Å²) in [5, 5.41) is 5.49. The minimum atomic E-state index is -0.533. The molecule has 2 rings (SSSR count). The average Bonchev–Trinajstić information content (AvgIpc) is 2.92. The van der Waals surface area contributed by atoms with Crippen molar-refractivity contribution < 1.29 is 18.7 Å². The molecule has 2 amide bonds. The van der Waals surface area contributed by atoms with E-state index in [-0.39, 0.29) is 11.7 Å². The zero-order valence-corrected chi connectivity index (χ0v) is 16.0. The lowest BCUT2D eigenvalue weighted by atomic mass is 10.2. The summed E-state index contributed by atoms with van der Waals surface area (Å²) in [6.07, 6.45) is 1.16. The van der Waals surface area contributed by atoms with Crippen LogP contribution in [0.25, 0.3) is 0 Å². The van der Waals surface area contributed by atoms with Crippen LogP contribution in [0.15, 0.2) is 28.2 Å². The van der Waals surface area contributed by atoms with Gasteiger partial charge in [-0.25, -0.2) is 9.37 Å². The molecule has 0 fully saturated rings. The molecule has 2 aromatic rings. The molecule has 0 saturated carbocycles. The van der Waals surface area contributed by atoms with Gasteiger partial charge in [0, 0.05) is 6.07 Å². The van der Waals surface area contributed by atoms with Gasteiger partial charge in [-0.2, -0.15) is 0 Å². The number of benzene rings is 1. The lowest BCUT2D eigenvalue weighted by Gasteiger charge is -2.14. The summed E-state index contributed by atoms with van der Waals surface area (Å²) in [5.41, 5.74) is 0.317. The van der Waals surface area contributed by atoms with Crippen LogP contribution in [0.4, 0.5) is 15.2 Å². The number of halogens is 2. The summed E-state index contributed by atoms with van der Waals surface area (Å²) < 4.78 is 19.7. The summed E-state index contributed by atoms with van der Waals surface area (Å²) in [7, 11) is 0. The molecule has 0 radical (unpaired) electrons. The maximum Gasteiger partial charge on any atom is 0.235 e. The van der Waals surface area contributed by atoms with Gasteiger partial charge in [-0.05, 0) is 34.0 Å². The number of ether oxygens (including phenoxy) is 1. The predicted octanol–water partition coefficient (Wildman–Crippen LogP) is 4.05. The van der Waals surface area contributed by atoms with Crippen molar-refractivity contribution in [1.29, 1.82) is 0 Å². The summed E-state index contributed by atoms with van der Waals surface area (Å²) in [6, 6.07) is 3.81. The first-order valence-corrected chi connectivity index (χ1v) is 9.08. The third-order valence-electron chi connectivity index (χ3n) is 2.83. The number of aromatic nitrogens is 1. The molecule has 0 aliphatic heterocycles. The van der Waals surface area contributed by atoms with Crippen molar-refractivity contribution >= 4 is 49.9 Å². The van der Waals surface area contributed by atoms with Crippen LogP contribution in [-0.2, 0) is 9.59 Å². The first-order valence-electron chi connectivity index (χ1n) is 7.47. The van der Waals surface area contributed by atoms with Gasteiger partial charge in [0.2, 0.25) is 11.8 Å².